The summed E-state index contributed by atoms with van der Waals surface area (Å²) in [5.41, 5.74) is 1.84. The predicted octanol–water partition coefficient (Wildman–Crippen LogP) is 2.87. The molecule has 2 heterocycles. The second-order valence-electron chi connectivity index (χ2n) is 5.41. The molecule has 0 bridgehead atoms. The molecule has 0 atom stereocenters. The van der Waals surface area contributed by atoms with Crippen LogP contribution in [0.2, 0.25) is 0 Å². The van der Waals surface area contributed by atoms with Crippen LogP contribution in [0, 0.1) is 6.92 Å². The molecule has 120 valence electrons. The average molecular weight is 312 g/mol. The van der Waals surface area contributed by atoms with Crippen LogP contribution in [0.4, 0.5) is 0 Å². The van der Waals surface area contributed by atoms with E-state index in [0.717, 1.165) is 29.6 Å². The van der Waals surface area contributed by atoms with Crippen molar-refractivity contribution in [1.29, 1.82) is 0 Å². The molecule has 0 radical (unpaired) electrons. The maximum absolute atomic E-state index is 12.3. The lowest BCUT2D eigenvalue weighted by Crippen LogP contribution is -2.33. The van der Waals surface area contributed by atoms with Crippen LogP contribution in [0.25, 0.3) is 22.4 Å². The predicted molar refractivity (Wildman–Crippen MR) is 87.9 cm³/mol. The van der Waals surface area contributed by atoms with E-state index < -0.39 is 0 Å². The normalized spacial score (nSPS) is 11.1. The zero-order valence-corrected chi connectivity index (χ0v) is 13.6. The van der Waals surface area contributed by atoms with Gasteiger partial charge in [0.2, 0.25) is 17.7 Å². The number of nitrogens with zero attached hydrogens (tertiary/aromatic N) is 4. The van der Waals surface area contributed by atoms with Gasteiger partial charge in [-0.2, -0.15) is 0 Å². The van der Waals surface area contributed by atoms with E-state index in [4.69, 9.17) is 4.42 Å². The number of likely N-dealkylation sites (N-methyl/N-ethyl adjacent to an activating group) is 1. The fourth-order valence-corrected chi connectivity index (χ4v) is 2.69. The lowest BCUT2D eigenvalue weighted by Gasteiger charge is -2.19. The van der Waals surface area contributed by atoms with Gasteiger partial charge in [-0.25, -0.2) is 0 Å². The number of fused-ring (bicyclic) bond motifs is 1. The van der Waals surface area contributed by atoms with Crippen molar-refractivity contribution in [3.8, 4) is 11.5 Å². The van der Waals surface area contributed by atoms with Crippen LogP contribution in [-0.4, -0.2) is 38.7 Å². The fraction of sp³-hybridized carbons (Fsp3) is 0.353. The van der Waals surface area contributed by atoms with Crippen LogP contribution in [0.1, 0.15) is 19.7 Å². The molecule has 0 aliphatic heterocycles. The Morgan fingerprint density at radius 3 is 2.65 bits per heavy atom. The highest BCUT2D eigenvalue weighted by molar-refractivity contribution is 5.86. The third kappa shape index (κ3) is 2.97. The number of rotatable bonds is 5. The second kappa shape index (κ2) is 6.24. The molecule has 1 aromatic carbocycles. The van der Waals surface area contributed by atoms with Gasteiger partial charge < -0.3 is 13.9 Å². The van der Waals surface area contributed by atoms with Gasteiger partial charge in [0.15, 0.2) is 0 Å². The maximum Gasteiger partial charge on any atom is 0.247 e. The maximum atomic E-state index is 12.3. The lowest BCUT2D eigenvalue weighted by atomic mass is 10.1. The minimum Gasteiger partial charge on any atom is -0.421 e. The summed E-state index contributed by atoms with van der Waals surface area (Å²) >= 11 is 0. The van der Waals surface area contributed by atoms with Gasteiger partial charge in [-0.15, -0.1) is 10.2 Å². The Kier molecular flexibility index (Phi) is 4.14. The highest BCUT2D eigenvalue weighted by Crippen LogP contribution is 2.24. The van der Waals surface area contributed by atoms with Gasteiger partial charge in [0.05, 0.1) is 0 Å². The molecular weight excluding hydrogens is 292 g/mol. The number of aryl methyl sites for hydroxylation is 1. The van der Waals surface area contributed by atoms with E-state index in [1.165, 1.54) is 0 Å². The number of amides is 1. The third-order valence-electron chi connectivity index (χ3n) is 3.97. The summed E-state index contributed by atoms with van der Waals surface area (Å²) in [7, 11) is 0. The minimum absolute atomic E-state index is 0.117. The molecule has 0 N–H and O–H groups in total. The van der Waals surface area contributed by atoms with Gasteiger partial charge in [-0.1, -0.05) is 6.07 Å². The first-order chi connectivity index (χ1) is 11.1. The Bertz CT molecular complexity index is 830. The zero-order valence-electron chi connectivity index (χ0n) is 13.6. The van der Waals surface area contributed by atoms with Crippen LogP contribution in [0.3, 0.4) is 0 Å². The molecule has 23 heavy (non-hydrogen) atoms. The highest BCUT2D eigenvalue weighted by atomic mass is 16.4. The number of hydrogen-bond acceptors (Lipinski definition) is 4. The highest BCUT2D eigenvalue weighted by Gasteiger charge is 2.13. The molecule has 3 aromatic rings. The van der Waals surface area contributed by atoms with Crippen LogP contribution in [0.5, 0.6) is 0 Å². The summed E-state index contributed by atoms with van der Waals surface area (Å²) in [5.74, 6) is 1.14. The summed E-state index contributed by atoms with van der Waals surface area (Å²) in [6, 6.07) is 7.94. The van der Waals surface area contributed by atoms with Crippen molar-refractivity contribution in [3.05, 3.63) is 36.4 Å². The molecule has 0 saturated heterocycles. The summed E-state index contributed by atoms with van der Waals surface area (Å²) in [6.45, 7) is 7.52. The fourth-order valence-electron chi connectivity index (χ4n) is 2.69. The Labute approximate surface area is 134 Å². The van der Waals surface area contributed by atoms with E-state index in [2.05, 4.69) is 10.2 Å². The van der Waals surface area contributed by atoms with Crippen molar-refractivity contribution in [2.45, 2.75) is 27.3 Å². The lowest BCUT2D eigenvalue weighted by molar-refractivity contribution is -0.131. The van der Waals surface area contributed by atoms with Crippen LogP contribution in [-0.2, 0) is 11.3 Å². The Morgan fingerprint density at radius 1 is 1.22 bits per heavy atom. The van der Waals surface area contributed by atoms with E-state index in [1.807, 2.05) is 53.8 Å². The smallest absolute Gasteiger partial charge is 0.247 e. The molecule has 0 aliphatic rings. The van der Waals surface area contributed by atoms with Gasteiger partial charge in [-0.05, 0) is 37.4 Å². The Balaban J connectivity index is 1.94. The molecule has 0 fully saturated rings. The van der Waals surface area contributed by atoms with E-state index in [1.54, 1.807) is 6.92 Å². The number of carbonyl (C=O) groups is 1. The van der Waals surface area contributed by atoms with E-state index in [-0.39, 0.29) is 5.91 Å². The monoisotopic (exact) mass is 312 g/mol. The van der Waals surface area contributed by atoms with E-state index in [9.17, 15) is 4.79 Å². The first kappa shape index (κ1) is 15.3. The minimum atomic E-state index is 0.117. The standard InChI is InChI=1S/C17H20N4O2/c1-4-20(5-2)16(22)11-21-9-8-13-6-7-14(10-15(13)21)17-19-18-12(3)23-17/h6-10H,4-5,11H2,1-3H3. The van der Waals surface area contributed by atoms with Crippen molar-refractivity contribution in [1.82, 2.24) is 19.7 Å². The molecule has 0 aliphatic carbocycles. The number of carbonyl (C=O) groups excluding carboxylic acids is 1. The number of benzene rings is 1. The van der Waals surface area contributed by atoms with E-state index in [0.29, 0.717) is 18.3 Å². The largest absolute Gasteiger partial charge is 0.421 e. The van der Waals surface area contributed by atoms with Crippen LogP contribution < -0.4 is 0 Å². The van der Waals surface area contributed by atoms with Gasteiger partial charge in [0, 0.05) is 37.3 Å². The van der Waals surface area contributed by atoms with Crippen molar-refractivity contribution in [2.75, 3.05) is 13.1 Å². The number of aromatic nitrogens is 3. The zero-order chi connectivity index (χ0) is 16.4. The van der Waals surface area contributed by atoms with Crippen LogP contribution >= 0.6 is 0 Å². The molecule has 0 unspecified atom stereocenters. The van der Waals surface area contributed by atoms with E-state index >= 15 is 0 Å². The topological polar surface area (TPSA) is 64.2 Å². The SMILES string of the molecule is CCN(CC)C(=O)Cn1ccc2ccc(-c3nnc(C)o3)cc21. The van der Waals surface area contributed by atoms with Gasteiger partial charge in [0.1, 0.15) is 6.54 Å². The van der Waals surface area contributed by atoms with Crippen molar-refractivity contribution < 1.29 is 9.21 Å². The molecular formula is C17H20N4O2. The molecule has 0 spiro atoms. The van der Waals surface area contributed by atoms with Crippen LogP contribution in [0.15, 0.2) is 34.9 Å². The van der Waals surface area contributed by atoms with Gasteiger partial charge in [0.25, 0.3) is 0 Å². The Morgan fingerprint density at radius 2 is 2.00 bits per heavy atom. The van der Waals surface area contributed by atoms with Crippen molar-refractivity contribution in [3.63, 3.8) is 0 Å². The summed E-state index contributed by atoms with van der Waals surface area (Å²) in [6.07, 6.45) is 1.94. The van der Waals surface area contributed by atoms with Crippen molar-refractivity contribution in [2.24, 2.45) is 0 Å². The third-order valence-corrected chi connectivity index (χ3v) is 3.97. The Hall–Kier alpha value is -2.63. The summed E-state index contributed by atoms with van der Waals surface area (Å²) < 4.78 is 7.44. The number of hydrogen-bond donors (Lipinski definition) is 0. The molecule has 6 nitrogen and oxygen atoms in total. The van der Waals surface area contributed by atoms with Gasteiger partial charge >= 0.3 is 0 Å². The molecule has 3 rings (SSSR count). The molecule has 0 saturated carbocycles. The first-order valence-electron chi connectivity index (χ1n) is 7.79. The molecule has 2 aromatic heterocycles. The summed E-state index contributed by atoms with van der Waals surface area (Å²) in [4.78, 5) is 14.2. The van der Waals surface area contributed by atoms with Crippen molar-refractivity contribution >= 4 is 16.8 Å². The average Bonchev–Trinajstić information content (AvgIpc) is 3.15. The molecule has 1 amide bonds. The first-order valence-corrected chi connectivity index (χ1v) is 7.79. The van der Waals surface area contributed by atoms with Gasteiger partial charge in [-0.3, -0.25) is 4.79 Å². The quantitative estimate of drug-likeness (QED) is 0.726. The second-order valence-corrected chi connectivity index (χ2v) is 5.41. The summed E-state index contributed by atoms with van der Waals surface area (Å²) in [5, 5.41) is 8.99. The molecule has 6 heteroatoms.